The van der Waals surface area contributed by atoms with Crippen LogP contribution in [0.3, 0.4) is 0 Å². The normalized spacial score (nSPS) is 16.0. The van der Waals surface area contributed by atoms with Gasteiger partial charge >= 0.3 is 0 Å². The van der Waals surface area contributed by atoms with Crippen LogP contribution in [0.1, 0.15) is 24.6 Å². The number of quaternary nitrogens is 1. The summed E-state index contributed by atoms with van der Waals surface area (Å²) in [7, 11) is 0. The van der Waals surface area contributed by atoms with Gasteiger partial charge in [0, 0.05) is 17.9 Å². The molecule has 5 nitrogen and oxygen atoms in total. The van der Waals surface area contributed by atoms with Crippen molar-refractivity contribution in [2.75, 3.05) is 26.2 Å². The highest BCUT2D eigenvalue weighted by Gasteiger charge is 2.29. The van der Waals surface area contributed by atoms with Crippen molar-refractivity contribution in [3.8, 4) is 5.75 Å². The third-order valence-corrected chi connectivity index (χ3v) is 4.56. The molecule has 0 spiro atoms. The molecular formula is C18H22ClN2O3+. The smallest absolute Gasteiger partial charge is 0.258 e. The van der Waals surface area contributed by atoms with Gasteiger partial charge in [0.05, 0.1) is 25.9 Å². The molecule has 3 rings (SSSR count). The largest absolute Gasteiger partial charge is 0.484 e. The van der Waals surface area contributed by atoms with Crippen molar-refractivity contribution in [3.05, 3.63) is 53.4 Å². The van der Waals surface area contributed by atoms with E-state index in [0.29, 0.717) is 17.3 Å². The van der Waals surface area contributed by atoms with Crippen LogP contribution in [0.25, 0.3) is 0 Å². The first-order valence-electron chi connectivity index (χ1n) is 8.25. The van der Waals surface area contributed by atoms with Gasteiger partial charge in [-0.05, 0) is 36.4 Å². The predicted molar refractivity (Wildman–Crippen MR) is 91.3 cm³/mol. The molecule has 2 N–H and O–H groups in total. The van der Waals surface area contributed by atoms with Crippen LogP contribution in [0.2, 0.25) is 5.02 Å². The van der Waals surface area contributed by atoms with Crippen LogP contribution >= 0.6 is 11.6 Å². The van der Waals surface area contributed by atoms with Gasteiger partial charge < -0.3 is 19.4 Å². The SMILES string of the molecule is O=C(COc1ccc(Cl)cc1)NC[C@@H](c1ccco1)[NH+]1CCCC1. The van der Waals surface area contributed by atoms with E-state index in [0.717, 1.165) is 18.8 Å². The Bertz CT molecular complexity index is 637. The number of nitrogens with one attached hydrogen (secondary N) is 2. The van der Waals surface area contributed by atoms with Crippen molar-refractivity contribution in [3.63, 3.8) is 0 Å². The Labute approximate surface area is 146 Å². The fourth-order valence-electron chi connectivity index (χ4n) is 3.06. The fraction of sp³-hybridized carbons (Fsp3) is 0.389. The van der Waals surface area contributed by atoms with Gasteiger partial charge in [0.2, 0.25) is 0 Å². The van der Waals surface area contributed by atoms with E-state index in [4.69, 9.17) is 20.8 Å². The Balaban J connectivity index is 1.50. The van der Waals surface area contributed by atoms with Gasteiger partial charge in [-0.25, -0.2) is 0 Å². The lowest BCUT2D eigenvalue weighted by Crippen LogP contribution is -3.11. The summed E-state index contributed by atoms with van der Waals surface area (Å²) in [6.45, 7) is 2.76. The third kappa shape index (κ3) is 4.52. The molecule has 1 saturated heterocycles. The zero-order valence-electron chi connectivity index (χ0n) is 13.5. The van der Waals surface area contributed by atoms with Gasteiger partial charge in [-0.15, -0.1) is 0 Å². The first-order valence-corrected chi connectivity index (χ1v) is 8.63. The second-order valence-corrected chi connectivity index (χ2v) is 6.42. The first kappa shape index (κ1) is 16.9. The van der Waals surface area contributed by atoms with Crippen LogP contribution in [0, 0.1) is 0 Å². The van der Waals surface area contributed by atoms with E-state index in [1.807, 2.05) is 12.1 Å². The lowest BCUT2D eigenvalue weighted by Gasteiger charge is -2.23. The monoisotopic (exact) mass is 349 g/mol. The topological polar surface area (TPSA) is 55.9 Å². The zero-order valence-corrected chi connectivity index (χ0v) is 14.2. The lowest BCUT2D eigenvalue weighted by molar-refractivity contribution is -0.919. The van der Waals surface area contributed by atoms with Crippen molar-refractivity contribution in [2.45, 2.75) is 18.9 Å². The van der Waals surface area contributed by atoms with Crippen LogP contribution < -0.4 is 15.0 Å². The molecule has 1 atom stereocenters. The minimum atomic E-state index is -0.139. The molecule has 128 valence electrons. The molecule has 1 amide bonds. The van der Waals surface area contributed by atoms with E-state index >= 15 is 0 Å². The van der Waals surface area contributed by atoms with E-state index in [1.54, 1.807) is 30.5 Å². The maximum atomic E-state index is 12.1. The molecule has 1 fully saturated rings. The minimum Gasteiger partial charge on any atom is -0.484 e. The Morgan fingerprint density at radius 3 is 2.67 bits per heavy atom. The summed E-state index contributed by atoms with van der Waals surface area (Å²) in [6, 6.07) is 11.0. The number of hydrogen-bond acceptors (Lipinski definition) is 3. The van der Waals surface area contributed by atoms with Crippen LogP contribution in [0.4, 0.5) is 0 Å². The van der Waals surface area contributed by atoms with Crippen molar-refractivity contribution in [2.24, 2.45) is 0 Å². The minimum absolute atomic E-state index is 0.0121. The molecule has 2 heterocycles. The van der Waals surface area contributed by atoms with Gasteiger partial charge in [-0.2, -0.15) is 0 Å². The highest BCUT2D eigenvalue weighted by atomic mass is 35.5. The van der Waals surface area contributed by atoms with E-state index in [9.17, 15) is 4.79 Å². The van der Waals surface area contributed by atoms with Crippen LogP contribution in [0.15, 0.2) is 47.1 Å². The number of ether oxygens (including phenoxy) is 1. The average Bonchev–Trinajstić information content (AvgIpc) is 3.29. The molecule has 2 aromatic rings. The summed E-state index contributed by atoms with van der Waals surface area (Å²) in [5, 5.41) is 3.60. The number of amides is 1. The number of furan rings is 1. The second kappa shape index (κ2) is 8.22. The van der Waals surface area contributed by atoms with Crippen molar-refractivity contribution >= 4 is 17.5 Å². The Kier molecular flexibility index (Phi) is 5.77. The standard InChI is InChI=1S/C18H21ClN2O3/c19-14-5-7-15(8-6-14)24-13-18(22)20-12-16(17-4-3-11-23-17)21-9-1-2-10-21/h3-8,11,16H,1-2,9-10,12-13H2,(H,20,22)/p+1/t16-/m0/s1. The Hall–Kier alpha value is -1.98. The highest BCUT2D eigenvalue weighted by molar-refractivity contribution is 6.30. The van der Waals surface area contributed by atoms with E-state index in [2.05, 4.69) is 5.32 Å². The quantitative estimate of drug-likeness (QED) is 0.802. The number of likely N-dealkylation sites (tertiary alicyclic amines) is 1. The number of carbonyl (C=O) groups is 1. The number of halogens is 1. The number of rotatable bonds is 7. The summed E-state index contributed by atoms with van der Waals surface area (Å²) < 4.78 is 11.0. The molecule has 0 saturated carbocycles. The Morgan fingerprint density at radius 1 is 1.25 bits per heavy atom. The molecule has 1 aromatic carbocycles. The average molecular weight is 350 g/mol. The van der Waals surface area contributed by atoms with Gasteiger partial charge in [-0.1, -0.05) is 11.6 Å². The first-order chi connectivity index (χ1) is 11.7. The number of benzene rings is 1. The molecule has 0 bridgehead atoms. The summed E-state index contributed by atoms with van der Waals surface area (Å²) in [5.74, 6) is 1.41. The summed E-state index contributed by atoms with van der Waals surface area (Å²) >= 11 is 5.82. The molecular weight excluding hydrogens is 328 g/mol. The van der Waals surface area contributed by atoms with Crippen LogP contribution in [0.5, 0.6) is 5.75 Å². The van der Waals surface area contributed by atoms with Crippen LogP contribution in [-0.4, -0.2) is 32.1 Å². The molecule has 24 heavy (non-hydrogen) atoms. The molecule has 0 radical (unpaired) electrons. The van der Waals surface area contributed by atoms with Gasteiger partial charge in [-0.3, -0.25) is 4.79 Å². The molecule has 6 heteroatoms. The maximum Gasteiger partial charge on any atom is 0.258 e. The summed E-state index contributed by atoms with van der Waals surface area (Å²) in [6.07, 6.45) is 4.13. The van der Waals surface area contributed by atoms with Gasteiger partial charge in [0.25, 0.3) is 5.91 Å². The van der Waals surface area contributed by atoms with Crippen molar-refractivity contribution in [1.29, 1.82) is 0 Å². The molecule has 0 unspecified atom stereocenters. The molecule has 1 aliphatic heterocycles. The van der Waals surface area contributed by atoms with E-state index in [1.165, 1.54) is 17.7 Å². The third-order valence-electron chi connectivity index (χ3n) is 4.31. The number of carbonyl (C=O) groups excluding carboxylic acids is 1. The predicted octanol–water partition coefficient (Wildman–Crippen LogP) is 1.85. The molecule has 1 aromatic heterocycles. The zero-order chi connectivity index (χ0) is 16.8. The van der Waals surface area contributed by atoms with E-state index in [-0.39, 0.29) is 18.6 Å². The molecule has 1 aliphatic rings. The van der Waals surface area contributed by atoms with Crippen molar-refractivity contribution in [1.82, 2.24) is 5.32 Å². The lowest BCUT2D eigenvalue weighted by atomic mass is 10.2. The van der Waals surface area contributed by atoms with Gasteiger partial charge in [0.1, 0.15) is 5.75 Å². The fourth-order valence-corrected chi connectivity index (χ4v) is 3.19. The summed E-state index contributed by atoms with van der Waals surface area (Å²) in [5.41, 5.74) is 0. The van der Waals surface area contributed by atoms with Crippen molar-refractivity contribution < 1.29 is 18.8 Å². The number of hydrogen-bond donors (Lipinski definition) is 2. The van der Waals surface area contributed by atoms with Crippen LogP contribution in [-0.2, 0) is 4.79 Å². The maximum absolute atomic E-state index is 12.1. The molecule has 0 aliphatic carbocycles. The highest BCUT2D eigenvalue weighted by Crippen LogP contribution is 2.15. The Morgan fingerprint density at radius 2 is 2.00 bits per heavy atom. The summed E-state index contributed by atoms with van der Waals surface area (Å²) in [4.78, 5) is 13.5. The second-order valence-electron chi connectivity index (χ2n) is 5.98. The van der Waals surface area contributed by atoms with E-state index < -0.39 is 0 Å². The van der Waals surface area contributed by atoms with Gasteiger partial charge in [0.15, 0.2) is 18.4 Å².